The van der Waals surface area contributed by atoms with Crippen LogP contribution in [0, 0.1) is 0 Å². The van der Waals surface area contributed by atoms with Gasteiger partial charge < -0.3 is 11.5 Å². The van der Waals surface area contributed by atoms with E-state index < -0.39 is 0 Å². The second-order valence-corrected chi connectivity index (χ2v) is 3.05. The molecule has 4 nitrogen and oxygen atoms in total. The predicted molar refractivity (Wildman–Crippen MR) is 55.2 cm³/mol. The number of aromatic nitrogens is 2. The van der Waals surface area contributed by atoms with E-state index in [4.69, 9.17) is 11.5 Å². The Morgan fingerprint density at radius 3 is 2.15 bits per heavy atom. The van der Waals surface area contributed by atoms with Gasteiger partial charge in [0.2, 0.25) is 0 Å². The van der Waals surface area contributed by atoms with Crippen molar-refractivity contribution in [3.8, 4) is 0 Å². The molecule has 0 fully saturated rings. The van der Waals surface area contributed by atoms with E-state index in [1.807, 2.05) is 17.5 Å². The fraction of sp³-hybridized carbons (Fsp3) is 0. The number of thiazole rings is 1. The van der Waals surface area contributed by atoms with Crippen molar-refractivity contribution in [3.63, 3.8) is 0 Å². The average molecular weight is 194 g/mol. The second kappa shape index (κ2) is 5.10. The Labute approximate surface area is 80.3 Å². The Balaban J connectivity index is 0.000000132. The Kier molecular flexibility index (Phi) is 3.72. The van der Waals surface area contributed by atoms with Crippen LogP contribution in [0.2, 0.25) is 0 Å². The first-order chi connectivity index (χ1) is 6.29. The third-order valence-corrected chi connectivity index (χ3v) is 1.74. The van der Waals surface area contributed by atoms with E-state index in [2.05, 4.69) is 9.97 Å². The fourth-order valence-corrected chi connectivity index (χ4v) is 0.993. The highest BCUT2D eigenvalue weighted by molar-refractivity contribution is 7.13. The van der Waals surface area contributed by atoms with Gasteiger partial charge in [0.25, 0.3) is 0 Å². The van der Waals surface area contributed by atoms with Crippen molar-refractivity contribution in [2.24, 2.45) is 0 Å². The maximum absolute atomic E-state index is 5.25. The van der Waals surface area contributed by atoms with Gasteiger partial charge in [-0.1, -0.05) is 6.07 Å². The van der Waals surface area contributed by atoms with E-state index in [1.165, 1.54) is 11.3 Å². The molecule has 0 atom stereocenters. The van der Waals surface area contributed by atoms with E-state index >= 15 is 0 Å². The quantitative estimate of drug-likeness (QED) is 0.664. The molecule has 0 aliphatic rings. The molecule has 2 rings (SSSR count). The summed E-state index contributed by atoms with van der Waals surface area (Å²) >= 11 is 1.44. The number of hydrogen-bond acceptors (Lipinski definition) is 5. The number of nitrogens with two attached hydrogens (primary N) is 2. The normalized spacial score (nSPS) is 8.62. The number of hydrogen-bond donors (Lipinski definition) is 2. The maximum Gasteiger partial charge on any atom is 0.179 e. The van der Waals surface area contributed by atoms with Gasteiger partial charge in [0, 0.05) is 17.8 Å². The zero-order valence-electron chi connectivity index (χ0n) is 6.92. The lowest BCUT2D eigenvalue weighted by Crippen LogP contribution is -1.85. The molecule has 2 aromatic rings. The van der Waals surface area contributed by atoms with E-state index in [9.17, 15) is 0 Å². The van der Waals surface area contributed by atoms with E-state index in [0.717, 1.165) is 0 Å². The van der Waals surface area contributed by atoms with Crippen molar-refractivity contribution < 1.29 is 0 Å². The smallest absolute Gasteiger partial charge is 0.179 e. The summed E-state index contributed by atoms with van der Waals surface area (Å²) in [6.45, 7) is 0. The SMILES string of the molecule is Nc1ccccn1.Nc1nccs1. The van der Waals surface area contributed by atoms with E-state index in [-0.39, 0.29) is 0 Å². The third kappa shape index (κ3) is 4.07. The minimum Gasteiger partial charge on any atom is -0.384 e. The Hall–Kier alpha value is -1.62. The van der Waals surface area contributed by atoms with Crippen molar-refractivity contribution in [1.29, 1.82) is 0 Å². The van der Waals surface area contributed by atoms with Crippen molar-refractivity contribution in [3.05, 3.63) is 36.0 Å². The van der Waals surface area contributed by atoms with Gasteiger partial charge in [-0.25, -0.2) is 9.97 Å². The largest absolute Gasteiger partial charge is 0.384 e. The molecule has 13 heavy (non-hydrogen) atoms. The van der Waals surface area contributed by atoms with Gasteiger partial charge >= 0.3 is 0 Å². The van der Waals surface area contributed by atoms with Gasteiger partial charge in [-0.3, -0.25) is 0 Å². The Bertz CT molecular complexity index is 319. The number of rotatable bonds is 0. The first-order valence-corrected chi connectivity index (χ1v) is 4.48. The lowest BCUT2D eigenvalue weighted by atomic mass is 10.5. The molecular formula is C8H10N4S. The lowest BCUT2D eigenvalue weighted by Gasteiger charge is -1.82. The summed E-state index contributed by atoms with van der Waals surface area (Å²) < 4.78 is 0. The highest BCUT2D eigenvalue weighted by atomic mass is 32.1. The molecule has 0 saturated heterocycles. The number of nitrogen functional groups attached to an aromatic ring is 2. The molecule has 0 aromatic carbocycles. The molecule has 0 spiro atoms. The molecule has 5 heteroatoms. The monoisotopic (exact) mass is 194 g/mol. The summed E-state index contributed by atoms with van der Waals surface area (Å²) in [4.78, 5) is 7.47. The highest BCUT2D eigenvalue weighted by Crippen LogP contribution is 2.02. The van der Waals surface area contributed by atoms with Crippen LogP contribution in [0.1, 0.15) is 0 Å². The van der Waals surface area contributed by atoms with Gasteiger partial charge in [0.05, 0.1) is 0 Å². The van der Waals surface area contributed by atoms with Crippen LogP contribution in [-0.4, -0.2) is 9.97 Å². The van der Waals surface area contributed by atoms with Crippen LogP contribution in [0.5, 0.6) is 0 Å². The zero-order chi connectivity index (χ0) is 9.52. The fourth-order valence-electron chi connectivity index (χ4n) is 0.610. The summed E-state index contributed by atoms with van der Waals surface area (Å²) in [6.07, 6.45) is 3.34. The number of anilines is 2. The minimum atomic E-state index is 0.572. The average Bonchev–Trinajstić information content (AvgIpc) is 2.58. The van der Waals surface area contributed by atoms with Gasteiger partial charge in [-0.2, -0.15) is 0 Å². The van der Waals surface area contributed by atoms with Gasteiger partial charge in [-0.05, 0) is 12.1 Å². The van der Waals surface area contributed by atoms with Crippen LogP contribution in [0.4, 0.5) is 10.9 Å². The van der Waals surface area contributed by atoms with Crippen LogP contribution < -0.4 is 11.5 Å². The second-order valence-electron chi connectivity index (χ2n) is 2.12. The Morgan fingerprint density at radius 2 is 1.92 bits per heavy atom. The van der Waals surface area contributed by atoms with Crippen LogP contribution >= 0.6 is 11.3 Å². The Morgan fingerprint density at radius 1 is 1.08 bits per heavy atom. The third-order valence-electron chi connectivity index (χ3n) is 1.14. The molecule has 0 unspecified atom stereocenters. The molecular weight excluding hydrogens is 184 g/mol. The molecule has 0 amide bonds. The summed E-state index contributed by atoms with van der Waals surface area (Å²) in [7, 11) is 0. The van der Waals surface area contributed by atoms with Crippen LogP contribution in [0.3, 0.4) is 0 Å². The van der Waals surface area contributed by atoms with Crippen LogP contribution in [0.25, 0.3) is 0 Å². The summed E-state index contributed by atoms with van der Waals surface area (Å²) in [5.74, 6) is 0.572. The van der Waals surface area contributed by atoms with Gasteiger partial charge in [0.15, 0.2) is 5.13 Å². The highest BCUT2D eigenvalue weighted by Gasteiger charge is 1.76. The van der Waals surface area contributed by atoms with Crippen molar-refractivity contribution >= 4 is 22.3 Å². The van der Waals surface area contributed by atoms with E-state index in [0.29, 0.717) is 10.9 Å². The molecule has 0 aliphatic heterocycles. The van der Waals surface area contributed by atoms with Crippen molar-refractivity contribution in [2.45, 2.75) is 0 Å². The standard InChI is InChI=1S/C5H6N2.C3H4N2S/c6-5-3-1-2-4-7-5;4-3-5-1-2-6-3/h1-4H,(H2,6,7);1-2H,(H2,4,5). The lowest BCUT2D eigenvalue weighted by molar-refractivity contribution is 1.34. The van der Waals surface area contributed by atoms with Gasteiger partial charge in [0.1, 0.15) is 5.82 Å². The molecule has 0 radical (unpaired) electrons. The topological polar surface area (TPSA) is 77.8 Å². The summed E-state index contributed by atoms with van der Waals surface area (Å²) in [5.41, 5.74) is 10.4. The molecule has 0 aliphatic carbocycles. The summed E-state index contributed by atoms with van der Waals surface area (Å²) in [5, 5.41) is 2.48. The molecule has 4 N–H and O–H groups in total. The molecule has 2 aromatic heterocycles. The maximum atomic E-state index is 5.25. The van der Waals surface area contributed by atoms with Crippen LogP contribution in [0.15, 0.2) is 36.0 Å². The zero-order valence-corrected chi connectivity index (χ0v) is 7.74. The minimum absolute atomic E-state index is 0.572. The number of nitrogens with zero attached hydrogens (tertiary/aromatic N) is 2. The summed E-state index contributed by atoms with van der Waals surface area (Å²) in [6, 6.07) is 5.43. The van der Waals surface area contributed by atoms with Gasteiger partial charge in [-0.15, -0.1) is 11.3 Å². The predicted octanol–water partition coefficient (Wildman–Crippen LogP) is 1.39. The first-order valence-electron chi connectivity index (χ1n) is 3.60. The molecule has 0 saturated carbocycles. The van der Waals surface area contributed by atoms with E-state index in [1.54, 1.807) is 18.5 Å². The molecule has 2 heterocycles. The number of pyridine rings is 1. The first kappa shape index (κ1) is 9.47. The van der Waals surface area contributed by atoms with Crippen molar-refractivity contribution in [1.82, 2.24) is 9.97 Å². The molecule has 0 bridgehead atoms. The van der Waals surface area contributed by atoms with Crippen molar-refractivity contribution in [2.75, 3.05) is 11.5 Å². The molecule has 68 valence electrons. The van der Waals surface area contributed by atoms with Crippen LogP contribution in [-0.2, 0) is 0 Å².